The molecule has 2 heterocycles. The SMILES string of the molecule is FC(F)(F)c1ccc(NCc2cccc(Br)n2)cn1. The van der Waals surface area contributed by atoms with Crippen LogP contribution in [-0.2, 0) is 12.7 Å². The molecule has 0 fully saturated rings. The Balaban J connectivity index is 2.01. The second-order valence-corrected chi connectivity index (χ2v) is 4.55. The minimum absolute atomic E-state index is 0.409. The van der Waals surface area contributed by atoms with Crippen molar-refractivity contribution in [2.45, 2.75) is 12.7 Å². The van der Waals surface area contributed by atoms with Crippen molar-refractivity contribution < 1.29 is 13.2 Å². The van der Waals surface area contributed by atoms with Crippen LogP contribution in [0.2, 0.25) is 0 Å². The number of hydrogen-bond acceptors (Lipinski definition) is 3. The van der Waals surface area contributed by atoms with E-state index in [4.69, 9.17) is 0 Å². The van der Waals surface area contributed by atoms with Crippen LogP contribution in [0.1, 0.15) is 11.4 Å². The molecule has 0 unspecified atom stereocenters. The maximum Gasteiger partial charge on any atom is 0.433 e. The van der Waals surface area contributed by atoms with E-state index in [0.29, 0.717) is 16.8 Å². The lowest BCUT2D eigenvalue weighted by Gasteiger charge is -2.08. The highest BCUT2D eigenvalue weighted by atomic mass is 79.9. The van der Waals surface area contributed by atoms with Crippen molar-refractivity contribution in [1.82, 2.24) is 9.97 Å². The van der Waals surface area contributed by atoms with Gasteiger partial charge in [-0.25, -0.2) is 9.97 Å². The lowest BCUT2D eigenvalue weighted by atomic mass is 10.3. The lowest BCUT2D eigenvalue weighted by Crippen LogP contribution is -2.08. The third-order valence-electron chi connectivity index (χ3n) is 2.30. The number of hydrogen-bond donors (Lipinski definition) is 1. The van der Waals surface area contributed by atoms with Gasteiger partial charge < -0.3 is 5.32 Å². The fourth-order valence-corrected chi connectivity index (χ4v) is 1.79. The summed E-state index contributed by atoms with van der Waals surface area (Å²) in [7, 11) is 0. The normalized spacial score (nSPS) is 11.4. The van der Waals surface area contributed by atoms with Gasteiger partial charge in [0.1, 0.15) is 10.3 Å². The summed E-state index contributed by atoms with van der Waals surface area (Å²) in [5.41, 5.74) is 0.377. The highest BCUT2D eigenvalue weighted by molar-refractivity contribution is 9.10. The van der Waals surface area contributed by atoms with Gasteiger partial charge in [0.15, 0.2) is 0 Å². The molecule has 0 radical (unpaired) electrons. The number of rotatable bonds is 3. The van der Waals surface area contributed by atoms with E-state index < -0.39 is 11.9 Å². The Kier molecular flexibility index (Phi) is 4.04. The van der Waals surface area contributed by atoms with Crippen LogP contribution in [0.4, 0.5) is 18.9 Å². The van der Waals surface area contributed by atoms with E-state index >= 15 is 0 Å². The average Bonchev–Trinajstić information content (AvgIpc) is 2.36. The smallest absolute Gasteiger partial charge is 0.378 e. The summed E-state index contributed by atoms with van der Waals surface area (Å²) in [5.74, 6) is 0. The highest BCUT2D eigenvalue weighted by Crippen LogP contribution is 2.27. The van der Waals surface area contributed by atoms with Crippen LogP contribution in [0.15, 0.2) is 41.1 Å². The molecule has 0 aliphatic carbocycles. The second-order valence-electron chi connectivity index (χ2n) is 3.74. The second kappa shape index (κ2) is 5.56. The van der Waals surface area contributed by atoms with Crippen LogP contribution in [0.5, 0.6) is 0 Å². The van der Waals surface area contributed by atoms with Gasteiger partial charge in [0.05, 0.1) is 24.1 Å². The zero-order valence-electron chi connectivity index (χ0n) is 9.58. The summed E-state index contributed by atoms with van der Waals surface area (Å²) in [6.07, 6.45) is -3.26. The van der Waals surface area contributed by atoms with Crippen molar-refractivity contribution in [2.24, 2.45) is 0 Å². The molecule has 3 nitrogen and oxygen atoms in total. The van der Waals surface area contributed by atoms with Gasteiger partial charge >= 0.3 is 6.18 Å². The number of pyridine rings is 2. The molecule has 0 aromatic carbocycles. The van der Waals surface area contributed by atoms with Crippen molar-refractivity contribution in [2.75, 3.05) is 5.32 Å². The molecule has 0 spiro atoms. The summed E-state index contributed by atoms with van der Waals surface area (Å²) < 4.78 is 37.7. The minimum Gasteiger partial charge on any atom is -0.378 e. The van der Waals surface area contributed by atoms with E-state index in [-0.39, 0.29) is 0 Å². The maximum absolute atomic E-state index is 12.3. The molecule has 1 N–H and O–H groups in total. The molecule has 2 aromatic heterocycles. The maximum atomic E-state index is 12.3. The van der Waals surface area contributed by atoms with Crippen molar-refractivity contribution in [3.05, 3.63) is 52.5 Å². The molecule has 0 bridgehead atoms. The molecule has 0 amide bonds. The summed E-state index contributed by atoms with van der Waals surface area (Å²) in [4.78, 5) is 7.56. The van der Waals surface area contributed by atoms with Gasteiger partial charge in [-0.15, -0.1) is 0 Å². The van der Waals surface area contributed by atoms with Gasteiger partial charge in [-0.2, -0.15) is 13.2 Å². The molecule has 100 valence electrons. The number of anilines is 1. The highest BCUT2D eigenvalue weighted by Gasteiger charge is 2.31. The van der Waals surface area contributed by atoms with E-state index in [2.05, 4.69) is 31.2 Å². The Morgan fingerprint density at radius 2 is 1.95 bits per heavy atom. The van der Waals surface area contributed by atoms with Gasteiger partial charge in [0, 0.05) is 0 Å². The van der Waals surface area contributed by atoms with E-state index in [1.54, 1.807) is 6.07 Å². The first kappa shape index (κ1) is 13.8. The fourth-order valence-electron chi connectivity index (χ4n) is 1.41. The Labute approximate surface area is 116 Å². The summed E-state index contributed by atoms with van der Waals surface area (Å²) in [5, 5.41) is 2.95. The number of nitrogens with zero attached hydrogens (tertiary/aromatic N) is 2. The first-order valence-electron chi connectivity index (χ1n) is 5.34. The van der Waals surface area contributed by atoms with Crippen LogP contribution in [-0.4, -0.2) is 9.97 Å². The number of halogens is 4. The molecule has 0 aliphatic rings. The molecule has 0 saturated carbocycles. The number of nitrogens with one attached hydrogen (secondary N) is 1. The molecular formula is C12H9BrF3N3. The zero-order valence-corrected chi connectivity index (χ0v) is 11.2. The van der Waals surface area contributed by atoms with Gasteiger partial charge in [-0.1, -0.05) is 6.07 Å². The van der Waals surface area contributed by atoms with Crippen molar-refractivity contribution in [3.8, 4) is 0 Å². The van der Waals surface area contributed by atoms with Crippen LogP contribution < -0.4 is 5.32 Å². The quantitative estimate of drug-likeness (QED) is 0.867. The van der Waals surface area contributed by atoms with Crippen molar-refractivity contribution in [1.29, 1.82) is 0 Å². The van der Waals surface area contributed by atoms with E-state index in [9.17, 15) is 13.2 Å². The number of alkyl halides is 3. The predicted octanol–water partition coefficient (Wildman–Crippen LogP) is 3.87. The van der Waals surface area contributed by atoms with Crippen molar-refractivity contribution >= 4 is 21.6 Å². The van der Waals surface area contributed by atoms with Gasteiger partial charge in [-0.05, 0) is 40.2 Å². The van der Waals surface area contributed by atoms with Gasteiger partial charge in [0.25, 0.3) is 0 Å². The van der Waals surface area contributed by atoms with Crippen molar-refractivity contribution in [3.63, 3.8) is 0 Å². The molecule has 0 saturated heterocycles. The number of aromatic nitrogens is 2. The molecule has 0 atom stereocenters. The lowest BCUT2D eigenvalue weighted by molar-refractivity contribution is -0.141. The van der Waals surface area contributed by atoms with E-state index in [1.165, 1.54) is 6.07 Å². The van der Waals surface area contributed by atoms with Crippen LogP contribution >= 0.6 is 15.9 Å². The van der Waals surface area contributed by atoms with Gasteiger partial charge in [-0.3, -0.25) is 0 Å². The third-order valence-corrected chi connectivity index (χ3v) is 2.74. The minimum atomic E-state index is -4.41. The molecule has 19 heavy (non-hydrogen) atoms. The Bertz CT molecular complexity index is 555. The average molecular weight is 332 g/mol. The Hall–Kier alpha value is -1.63. The standard InChI is InChI=1S/C12H9BrF3N3/c13-11-3-1-2-9(19-11)7-17-8-4-5-10(18-6-8)12(14,15)16/h1-6,17H,7H2. The largest absolute Gasteiger partial charge is 0.433 e. The Morgan fingerprint density at radius 3 is 2.53 bits per heavy atom. The molecule has 7 heteroatoms. The molecule has 2 rings (SSSR count). The molecular weight excluding hydrogens is 323 g/mol. The monoisotopic (exact) mass is 331 g/mol. The van der Waals surface area contributed by atoms with E-state index in [0.717, 1.165) is 18.0 Å². The summed E-state index contributed by atoms with van der Waals surface area (Å²) >= 11 is 3.24. The first-order valence-corrected chi connectivity index (χ1v) is 6.13. The topological polar surface area (TPSA) is 37.8 Å². The van der Waals surface area contributed by atoms with E-state index in [1.807, 2.05) is 12.1 Å². The van der Waals surface area contributed by atoms with Crippen LogP contribution in [0.25, 0.3) is 0 Å². The van der Waals surface area contributed by atoms with Crippen LogP contribution in [0.3, 0.4) is 0 Å². The fraction of sp³-hybridized carbons (Fsp3) is 0.167. The van der Waals surface area contributed by atoms with Crippen LogP contribution in [0, 0.1) is 0 Å². The molecule has 0 aliphatic heterocycles. The molecule has 2 aromatic rings. The van der Waals surface area contributed by atoms with Gasteiger partial charge in [0.2, 0.25) is 0 Å². The summed E-state index contributed by atoms with van der Waals surface area (Å²) in [6, 6.07) is 7.72. The Morgan fingerprint density at radius 1 is 1.16 bits per heavy atom. The third kappa shape index (κ3) is 3.92. The predicted molar refractivity (Wildman–Crippen MR) is 68.5 cm³/mol. The first-order chi connectivity index (χ1) is 8.95. The summed E-state index contributed by atoms with van der Waals surface area (Å²) in [6.45, 7) is 0.409. The zero-order chi connectivity index (χ0) is 13.9.